The number of nitrogens with one attached hydrogen (secondary N) is 1. The van der Waals surface area contributed by atoms with E-state index >= 15 is 0 Å². The van der Waals surface area contributed by atoms with E-state index in [0.717, 1.165) is 18.0 Å². The third-order valence-corrected chi connectivity index (χ3v) is 2.01. The molecule has 0 aliphatic heterocycles. The van der Waals surface area contributed by atoms with Gasteiger partial charge in [-0.2, -0.15) is 0 Å². The fraction of sp³-hybridized carbons (Fsp3) is 0.250. The second-order valence-electron chi connectivity index (χ2n) is 2.58. The van der Waals surface area contributed by atoms with E-state index in [4.69, 9.17) is 11.6 Å². The zero-order valence-electron chi connectivity index (χ0n) is 7.16. The predicted octanol–water partition coefficient (Wildman–Crippen LogP) is 1.81. The van der Waals surface area contributed by atoms with Crippen LogP contribution in [0.15, 0.2) is 18.6 Å². The van der Waals surface area contributed by atoms with Gasteiger partial charge in [-0.25, -0.2) is 9.97 Å². The van der Waals surface area contributed by atoms with Crippen LogP contribution < -0.4 is 5.32 Å². The SMILES string of the molecule is CCNc1ncc(Cl)n2ccnc12. The molecule has 0 aliphatic carbocycles. The van der Waals surface area contributed by atoms with Gasteiger partial charge in [0, 0.05) is 18.9 Å². The smallest absolute Gasteiger partial charge is 0.181 e. The lowest BCUT2D eigenvalue weighted by molar-refractivity contribution is 1.09. The van der Waals surface area contributed by atoms with Crippen molar-refractivity contribution < 1.29 is 0 Å². The molecular formula is C8H9ClN4. The molecule has 0 radical (unpaired) electrons. The van der Waals surface area contributed by atoms with Crippen molar-refractivity contribution in [3.8, 4) is 0 Å². The van der Waals surface area contributed by atoms with Gasteiger partial charge in [0.25, 0.3) is 0 Å². The Morgan fingerprint density at radius 2 is 2.38 bits per heavy atom. The van der Waals surface area contributed by atoms with Gasteiger partial charge < -0.3 is 5.32 Å². The summed E-state index contributed by atoms with van der Waals surface area (Å²) in [6.45, 7) is 2.83. The zero-order chi connectivity index (χ0) is 9.26. The Kier molecular flexibility index (Phi) is 2.06. The lowest BCUT2D eigenvalue weighted by Crippen LogP contribution is -2.02. The Bertz CT molecular complexity index is 423. The quantitative estimate of drug-likeness (QED) is 0.797. The van der Waals surface area contributed by atoms with Crippen LogP contribution in [0.25, 0.3) is 5.65 Å². The highest BCUT2D eigenvalue weighted by Gasteiger charge is 2.04. The molecule has 5 heteroatoms. The highest BCUT2D eigenvalue weighted by molar-refractivity contribution is 6.29. The molecule has 4 nitrogen and oxygen atoms in total. The van der Waals surface area contributed by atoms with Gasteiger partial charge in [0.2, 0.25) is 0 Å². The second-order valence-corrected chi connectivity index (χ2v) is 2.97. The van der Waals surface area contributed by atoms with Gasteiger partial charge in [-0.15, -0.1) is 0 Å². The standard InChI is InChI=1S/C8H9ClN4/c1-2-10-7-8-11-3-4-13(8)6(9)5-12-7/h3-5H,2H2,1H3,(H,10,12). The second kappa shape index (κ2) is 3.22. The summed E-state index contributed by atoms with van der Waals surface area (Å²) >= 11 is 5.90. The molecule has 0 aliphatic rings. The molecule has 0 saturated heterocycles. The molecule has 2 rings (SSSR count). The highest BCUT2D eigenvalue weighted by atomic mass is 35.5. The normalized spacial score (nSPS) is 10.6. The average Bonchev–Trinajstić information content (AvgIpc) is 2.59. The van der Waals surface area contributed by atoms with E-state index in [9.17, 15) is 0 Å². The minimum absolute atomic E-state index is 0.564. The fourth-order valence-electron chi connectivity index (χ4n) is 1.18. The summed E-state index contributed by atoms with van der Waals surface area (Å²) in [4.78, 5) is 8.29. The molecule has 1 N–H and O–H groups in total. The van der Waals surface area contributed by atoms with Crippen LogP contribution in [0, 0.1) is 0 Å². The third-order valence-electron chi connectivity index (χ3n) is 1.73. The summed E-state index contributed by atoms with van der Waals surface area (Å²) in [6.07, 6.45) is 5.11. The first-order chi connectivity index (χ1) is 6.33. The number of halogens is 1. The van der Waals surface area contributed by atoms with Crippen LogP contribution in [0.3, 0.4) is 0 Å². The maximum absolute atomic E-state index is 5.90. The van der Waals surface area contributed by atoms with E-state index in [1.165, 1.54) is 0 Å². The number of hydrogen-bond acceptors (Lipinski definition) is 3. The van der Waals surface area contributed by atoms with E-state index in [0.29, 0.717) is 5.15 Å². The highest BCUT2D eigenvalue weighted by Crippen LogP contribution is 2.16. The molecule has 0 amide bonds. The van der Waals surface area contributed by atoms with Crippen molar-refractivity contribution in [3.05, 3.63) is 23.7 Å². The lowest BCUT2D eigenvalue weighted by Gasteiger charge is -2.04. The molecule has 0 atom stereocenters. The van der Waals surface area contributed by atoms with Gasteiger partial charge in [0.05, 0.1) is 6.20 Å². The molecule has 2 aromatic heterocycles. The van der Waals surface area contributed by atoms with E-state index in [2.05, 4.69) is 15.3 Å². The number of rotatable bonds is 2. The maximum atomic E-state index is 5.90. The molecule has 2 aromatic rings. The molecule has 0 saturated carbocycles. The summed E-state index contributed by atoms with van der Waals surface area (Å²) in [6, 6.07) is 0. The number of aromatic nitrogens is 3. The molecule has 0 aromatic carbocycles. The number of fused-ring (bicyclic) bond motifs is 1. The third kappa shape index (κ3) is 1.33. The Balaban J connectivity index is 2.64. The van der Waals surface area contributed by atoms with Gasteiger partial charge >= 0.3 is 0 Å². The molecular weight excluding hydrogens is 188 g/mol. The Morgan fingerprint density at radius 1 is 1.54 bits per heavy atom. The van der Waals surface area contributed by atoms with Crippen molar-refractivity contribution in [1.29, 1.82) is 0 Å². The summed E-state index contributed by atoms with van der Waals surface area (Å²) in [5, 5.41) is 3.67. The predicted molar refractivity (Wildman–Crippen MR) is 52.2 cm³/mol. The molecule has 0 unspecified atom stereocenters. The molecule has 0 bridgehead atoms. The molecule has 2 heterocycles. The maximum Gasteiger partial charge on any atom is 0.181 e. The summed E-state index contributed by atoms with van der Waals surface area (Å²) in [5.74, 6) is 0.761. The van der Waals surface area contributed by atoms with Gasteiger partial charge in [-0.3, -0.25) is 4.40 Å². The molecule has 0 fully saturated rings. The number of nitrogens with zero attached hydrogens (tertiary/aromatic N) is 3. The number of imidazole rings is 1. The first kappa shape index (κ1) is 8.31. The Morgan fingerprint density at radius 3 is 3.15 bits per heavy atom. The van der Waals surface area contributed by atoms with Crippen LogP contribution in [-0.4, -0.2) is 20.9 Å². The van der Waals surface area contributed by atoms with Gasteiger partial charge in [0.15, 0.2) is 11.5 Å². The van der Waals surface area contributed by atoms with E-state index in [1.54, 1.807) is 23.0 Å². The van der Waals surface area contributed by atoms with Crippen molar-refractivity contribution in [3.63, 3.8) is 0 Å². The summed E-state index contributed by atoms with van der Waals surface area (Å²) in [7, 11) is 0. The van der Waals surface area contributed by atoms with Gasteiger partial charge in [-0.05, 0) is 6.92 Å². The lowest BCUT2D eigenvalue weighted by atomic mass is 10.6. The van der Waals surface area contributed by atoms with Crippen LogP contribution in [0.5, 0.6) is 0 Å². The minimum Gasteiger partial charge on any atom is -0.367 e. The number of hydrogen-bond donors (Lipinski definition) is 1. The number of anilines is 1. The zero-order valence-corrected chi connectivity index (χ0v) is 7.91. The molecule has 13 heavy (non-hydrogen) atoms. The van der Waals surface area contributed by atoms with Crippen molar-refractivity contribution in [1.82, 2.24) is 14.4 Å². The monoisotopic (exact) mass is 196 g/mol. The van der Waals surface area contributed by atoms with Crippen LogP contribution in [0.1, 0.15) is 6.92 Å². The van der Waals surface area contributed by atoms with Crippen molar-refractivity contribution in [2.24, 2.45) is 0 Å². The fourth-order valence-corrected chi connectivity index (χ4v) is 1.37. The first-order valence-electron chi connectivity index (χ1n) is 4.04. The minimum atomic E-state index is 0.564. The summed E-state index contributed by atoms with van der Waals surface area (Å²) < 4.78 is 1.78. The topological polar surface area (TPSA) is 42.2 Å². The average molecular weight is 197 g/mol. The van der Waals surface area contributed by atoms with Gasteiger partial charge in [-0.1, -0.05) is 11.6 Å². The van der Waals surface area contributed by atoms with E-state index in [-0.39, 0.29) is 0 Å². The van der Waals surface area contributed by atoms with E-state index < -0.39 is 0 Å². The largest absolute Gasteiger partial charge is 0.367 e. The molecule has 0 spiro atoms. The van der Waals surface area contributed by atoms with Crippen LogP contribution >= 0.6 is 11.6 Å². The summed E-state index contributed by atoms with van der Waals surface area (Å²) in [5.41, 5.74) is 0.759. The van der Waals surface area contributed by atoms with E-state index in [1.807, 2.05) is 6.92 Å². The van der Waals surface area contributed by atoms with Gasteiger partial charge in [0.1, 0.15) is 5.15 Å². The van der Waals surface area contributed by atoms with Crippen LogP contribution in [0.4, 0.5) is 5.82 Å². The molecule has 68 valence electrons. The Labute approximate surface area is 80.6 Å². The first-order valence-corrected chi connectivity index (χ1v) is 4.42. The van der Waals surface area contributed by atoms with Crippen molar-refractivity contribution in [2.75, 3.05) is 11.9 Å². The van der Waals surface area contributed by atoms with Crippen molar-refractivity contribution in [2.45, 2.75) is 6.92 Å². The van der Waals surface area contributed by atoms with Crippen molar-refractivity contribution >= 4 is 23.1 Å². The van der Waals surface area contributed by atoms with Crippen LogP contribution in [0.2, 0.25) is 5.15 Å². The van der Waals surface area contributed by atoms with Crippen LogP contribution in [-0.2, 0) is 0 Å². The Hall–Kier alpha value is -1.29.